The van der Waals surface area contributed by atoms with Crippen molar-refractivity contribution in [2.24, 2.45) is 23.0 Å². The van der Waals surface area contributed by atoms with Crippen LogP contribution in [0.15, 0.2) is 0 Å². The minimum Gasteiger partial charge on any atom is -0.325 e. The van der Waals surface area contributed by atoms with E-state index in [0.29, 0.717) is 5.41 Å². The third kappa shape index (κ3) is 3.79. The maximum absolute atomic E-state index is 6.60. The second-order valence-electron chi connectivity index (χ2n) is 6.93. The van der Waals surface area contributed by atoms with Crippen LogP contribution in [0.2, 0.25) is 0 Å². The molecule has 15 heavy (non-hydrogen) atoms. The monoisotopic (exact) mass is 211 g/mol. The van der Waals surface area contributed by atoms with Crippen LogP contribution in [0.4, 0.5) is 0 Å². The summed E-state index contributed by atoms with van der Waals surface area (Å²) in [5.74, 6) is 1.57. The van der Waals surface area contributed by atoms with Gasteiger partial charge in [0, 0.05) is 5.54 Å². The Morgan fingerprint density at radius 1 is 1.33 bits per heavy atom. The molecule has 1 aliphatic rings. The lowest BCUT2D eigenvalue weighted by Gasteiger charge is -2.46. The van der Waals surface area contributed by atoms with Crippen LogP contribution in [-0.4, -0.2) is 5.54 Å². The zero-order chi connectivity index (χ0) is 11.7. The van der Waals surface area contributed by atoms with Gasteiger partial charge in [0.2, 0.25) is 0 Å². The highest BCUT2D eigenvalue weighted by molar-refractivity contribution is 4.97. The summed E-state index contributed by atoms with van der Waals surface area (Å²) < 4.78 is 0. The lowest BCUT2D eigenvalue weighted by Crippen LogP contribution is -2.50. The molecule has 1 fully saturated rings. The van der Waals surface area contributed by atoms with Crippen LogP contribution in [0, 0.1) is 17.3 Å². The van der Waals surface area contributed by atoms with Crippen molar-refractivity contribution in [2.45, 2.75) is 72.3 Å². The summed E-state index contributed by atoms with van der Waals surface area (Å²) in [6.45, 7) is 11.7. The van der Waals surface area contributed by atoms with Crippen LogP contribution < -0.4 is 5.73 Å². The molecule has 0 aromatic carbocycles. The van der Waals surface area contributed by atoms with Crippen LogP contribution in [0.5, 0.6) is 0 Å². The fourth-order valence-electron chi connectivity index (χ4n) is 3.80. The summed E-state index contributed by atoms with van der Waals surface area (Å²) >= 11 is 0. The summed E-state index contributed by atoms with van der Waals surface area (Å²) in [5.41, 5.74) is 7.15. The largest absolute Gasteiger partial charge is 0.325 e. The first-order valence-electron chi connectivity index (χ1n) is 6.55. The molecule has 0 aromatic rings. The molecule has 0 radical (unpaired) electrons. The van der Waals surface area contributed by atoms with Gasteiger partial charge in [-0.25, -0.2) is 0 Å². The highest BCUT2D eigenvalue weighted by Gasteiger charge is 2.40. The third-order valence-corrected chi connectivity index (χ3v) is 3.94. The Bertz CT molecular complexity index is 209. The Labute approximate surface area is 95.8 Å². The highest BCUT2D eigenvalue weighted by atomic mass is 14.8. The van der Waals surface area contributed by atoms with E-state index < -0.39 is 0 Å². The normalized spacial score (nSPS) is 37.6. The molecule has 0 amide bonds. The van der Waals surface area contributed by atoms with Crippen molar-refractivity contribution in [3.63, 3.8) is 0 Å². The van der Waals surface area contributed by atoms with Gasteiger partial charge in [0.05, 0.1) is 0 Å². The molecule has 3 atom stereocenters. The topological polar surface area (TPSA) is 26.0 Å². The summed E-state index contributed by atoms with van der Waals surface area (Å²) in [4.78, 5) is 0. The zero-order valence-electron chi connectivity index (χ0n) is 11.3. The van der Waals surface area contributed by atoms with Gasteiger partial charge >= 0.3 is 0 Å². The Balaban J connectivity index is 2.66. The SMILES string of the molecule is CCC(C)CC1(N)CC(C)CC(C)(C)C1. The van der Waals surface area contributed by atoms with Gasteiger partial charge in [-0.3, -0.25) is 0 Å². The number of hydrogen-bond acceptors (Lipinski definition) is 1. The molecule has 0 saturated heterocycles. The average molecular weight is 211 g/mol. The first kappa shape index (κ1) is 13.0. The molecule has 2 N–H and O–H groups in total. The van der Waals surface area contributed by atoms with E-state index in [1.165, 1.54) is 32.1 Å². The second-order valence-corrected chi connectivity index (χ2v) is 6.93. The van der Waals surface area contributed by atoms with Gasteiger partial charge < -0.3 is 5.73 Å². The summed E-state index contributed by atoms with van der Waals surface area (Å²) in [6, 6.07) is 0. The van der Waals surface area contributed by atoms with Crippen LogP contribution in [-0.2, 0) is 0 Å². The third-order valence-electron chi connectivity index (χ3n) is 3.94. The second kappa shape index (κ2) is 4.45. The van der Waals surface area contributed by atoms with Crippen LogP contribution in [0.25, 0.3) is 0 Å². The molecule has 1 heteroatoms. The quantitative estimate of drug-likeness (QED) is 0.751. The highest BCUT2D eigenvalue weighted by Crippen LogP contribution is 2.45. The van der Waals surface area contributed by atoms with Crippen LogP contribution >= 0.6 is 0 Å². The van der Waals surface area contributed by atoms with E-state index in [1.807, 2.05) is 0 Å². The Kier molecular flexibility index (Phi) is 3.86. The molecule has 0 heterocycles. The molecule has 0 spiro atoms. The van der Waals surface area contributed by atoms with Gasteiger partial charge in [-0.15, -0.1) is 0 Å². The first-order chi connectivity index (χ1) is 6.76. The number of nitrogens with two attached hydrogens (primary N) is 1. The van der Waals surface area contributed by atoms with Crippen LogP contribution in [0.3, 0.4) is 0 Å². The molecule has 1 nitrogen and oxygen atoms in total. The molecule has 0 aliphatic heterocycles. The molecule has 90 valence electrons. The van der Waals surface area contributed by atoms with Gasteiger partial charge in [0.25, 0.3) is 0 Å². The fourth-order valence-corrected chi connectivity index (χ4v) is 3.80. The van der Waals surface area contributed by atoms with E-state index >= 15 is 0 Å². The standard InChI is InChI=1S/C14H29N/c1-6-11(2)8-14(15)9-12(3)7-13(4,5)10-14/h11-12H,6-10,15H2,1-5H3. The van der Waals surface area contributed by atoms with E-state index in [-0.39, 0.29) is 5.54 Å². The Hall–Kier alpha value is -0.0400. The van der Waals surface area contributed by atoms with Crippen molar-refractivity contribution in [1.82, 2.24) is 0 Å². The lowest BCUT2D eigenvalue weighted by molar-refractivity contribution is 0.0913. The van der Waals surface area contributed by atoms with Gasteiger partial charge in [-0.1, -0.05) is 41.0 Å². The van der Waals surface area contributed by atoms with Crippen molar-refractivity contribution in [3.8, 4) is 0 Å². The molecule has 0 aromatic heterocycles. The van der Waals surface area contributed by atoms with E-state index in [0.717, 1.165) is 11.8 Å². The molecular weight excluding hydrogens is 182 g/mol. The molecule has 1 rings (SSSR count). The smallest absolute Gasteiger partial charge is 0.0164 e. The van der Waals surface area contributed by atoms with E-state index in [9.17, 15) is 0 Å². The molecule has 1 aliphatic carbocycles. The van der Waals surface area contributed by atoms with E-state index in [4.69, 9.17) is 5.73 Å². The maximum Gasteiger partial charge on any atom is 0.0164 e. The van der Waals surface area contributed by atoms with Gasteiger partial charge in [-0.05, 0) is 42.9 Å². The molecule has 3 unspecified atom stereocenters. The van der Waals surface area contributed by atoms with Gasteiger partial charge in [-0.2, -0.15) is 0 Å². The van der Waals surface area contributed by atoms with Crippen molar-refractivity contribution >= 4 is 0 Å². The van der Waals surface area contributed by atoms with E-state index in [1.54, 1.807) is 0 Å². The fraction of sp³-hybridized carbons (Fsp3) is 1.00. The molecule has 1 saturated carbocycles. The van der Waals surface area contributed by atoms with Gasteiger partial charge in [0.1, 0.15) is 0 Å². The lowest BCUT2D eigenvalue weighted by atomic mass is 9.62. The summed E-state index contributed by atoms with van der Waals surface area (Å²) in [5, 5.41) is 0. The van der Waals surface area contributed by atoms with Crippen molar-refractivity contribution in [2.75, 3.05) is 0 Å². The number of hydrogen-bond donors (Lipinski definition) is 1. The van der Waals surface area contributed by atoms with Gasteiger partial charge in [0.15, 0.2) is 0 Å². The predicted octanol–water partition coefficient (Wildman–Crippen LogP) is 3.97. The summed E-state index contributed by atoms with van der Waals surface area (Å²) in [7, 11) is 0. The number of rotatable bonds is 3. The molecular formula is C14H29N. The van der Waals surface area contributed by atoms with Crippen LogP contribution in [0.1, 0.15) is 66.7 Å². The maximum atomic E-state index is 6.60. The minimum absolute atomic E-state index is 0.108. The molecule has 0 bridgehead atoms. The summed E-state index contributed by atoms with van der Waals surface area (Å²) in [6.07, 6.45) is 6.23. The van der Waals surface area contributed by atoms with E-state index in [2.05, 4.69) is 34.6 Å². The first-order valence-corrected chi connectivity index (χ1v) is 6.55. The van der Waals surface area contributed by atoms with Crippen molar-refractivity contribution < 1.29 is 0 Å². The predicted molar refractivity (Wildman–Crippen MR) is 67.8 cm³/mol. The Morgan fingerprint density at radius 2 is 1.93 bits per heavy atom. The Morgan fingerprint density at radius 3 is 2.40 bits per heavy atom. The minimum atomic E-state index is 0.108. The average Bonchev–Trinajstić information content (AvgIpc) is 1.97. The van der Waals surface area contributed by atoms with Crippen molar-refractivity contribution in [1.29, 1.82) is 0 Å². The zero-order valence-corrected chi connectivity index (χ0v) is 11.3. The van der Waals surface area contributed by atoms with Crippen molar-refractivity contribution in [3.05, 3.63) is 0 Å².